The minimum atomic E-state index is -0.427. The highest BCUT2D eigenvalue weighted by molar-refractivity contribution is 5.78. The van der Waals surface area contributed by atoms with Crippen LogP contribution in [0.15, 0.2) is 46.5 Å². The highest BCUT2D eigenvalue weighted by Crippen LogP contribution is 2.25. The zero-order chi connectivity index (χ0) is 19.3. The molecule has 0 fully saturated rings. The van der Waals surface area contributed by atoms with Crippen LogP contribution in [0, 0.1) is 0 Å². The van der Waals surface area contributed by atoms with Gasteiger partial charge in [0.05, 0.1) is 18.9 Å². The highest BCUT2D eigenvalue weighted by atomic mass is 16.5. The molecule has 0 atom stereocenters. The van der Waals surface area contributed by atoms with Gasteiger partial charge in [-0.05, 0) is 17.1 Å². The van der Waals surface area contributed by atoms with Crippen LogP contribution < -0.4 is 11.2 Å². The summed E-state index contributed by atoms with van der Waals surface area (Å²) >= 11 is 0. The van der Waals surface area contributed by atoms with Crippen LogP contribution >= 0.6 is 0 Å². The van der Waals surface area contributed by atoms with Gasteiger partial charge in [-0.2, -0.15) is 0 Å². The fourth-order valence-electron chi connectivity index (χ4n) is 2.86. The second-order valence-electron chi connectivity index (χ2n) is 6.37. The molecule has 0 amide bonds. The Kier molecular flexibility index (Phi) is 6.71. The lowest BCUT2D eigenvalue weighted by molar-refractivity contribution is 0.0300. The van der Waals surface area contributed by atoms with Crippen molar-refractivity contribution in [3.63, 3.8) is 0 Å². The van der Waals surface area contributed by atoms with Gasteiger partial charge in [0.1, 0.15) is 6.73 Å². The predicted octanol–water partition coefficient (Wildman–Crippen LogP) is 2.35. The molecule has 1 aromatic carbocycles. The Labute approximate surface area is 153 Å². The SMILES string of the molecule is C=C(c1ccccc1)c1c(C(C)C)c(=O)n(COCCOC)c(=O)n1C. The maximum Gasteiger partial charge on any atom is 0.333 e. The first-order valence-corrected chi connectivity index (χ1v) is 8.55. The lowest BCUT2D eigenvalue weighted by Gasteiger charge is -2.20. The summed E-state index contributed by atoms with van der Waals surface area (Å²) in [5.74, 6) is -0.0741. The lowest BCUT2D eigenvalue weighted by atomic mass is 9.95. The Hall–Kier alpha value is -2.44. The van der Waals surface area contributed by atoms with E-state index in [1.165, 1.54) is 4.57 Å². The highest BCUT2D eigenvalue weighted by Gasteiger charge is 2.22. The van der Waals surface area contributed by atoms with E-state index in [2.05, 4.69) is 6.58 Å². The number of nitrogens with zero attached hydrogens (tertiary/aromatic N) is 2. The van der Waals surface area contributed by atoms with Crippen molar-refractivity contribution in [2.45, 2.75) is 26.5 Å². The second kappa shape index (κ2) is 8.78. The largest absolute Gasteiger partial charge is 0.382 e. The van der Waals surface area contributed by atoms with Crippen molar-refractivity contribution in [3.8, 4) is 0 Å². The minimum absolute atomic E-state index is 0.0741. The first-order chi connectivity index (χ1) is 12.4. The minimum Gasteiger partial charge on any atom is -0.382 e. The molecule has 6 heteroatoms. The fraction of sp³-hybridized carbons (Fsp3) is 0.400. The maximum atomic E-state index is 13.0. The van der Waals surface area contributed by atoms with Crippen molar-refractivity contribution in [3.05, 3.63) is 74.6 Å². The summed E-state index contributed by atoms with van der Waals surface area (Å²) in [4.78, 5) is 25.8. The Morgan fingerprint density at radius 2 is 1.81 bits per heavy atom. The maximum absolute atomic E-state index is 13.0. The molecule has 0 spiro atoms. The monoisotopic (exact) mass is 358 g/mol. The van der Waals surface area contributed by atoms with Crippen LogP contribution in [0.1, 0.15) is 36.6 Å². The van der Waals surface area contributed by atoms with Crippen molar-refractivity contribution >= 4 is 5.57 Å². The van der Waals surface area contributed by atoms with Crippen LogP contribution in [0.5, 0.6) is 0 Å². The Bertz CT molecular complexity index is 879. The fourth-order valence-corrected chi connectivity index (χ4v) is 2.86. The molecule has 2 rings (SSSR count). The molecule has 2 aromatic rings. The van der Waals surface area contributed by atoms with Gasteiger partial charge in [0.2, 0.25) is 0 Å². The number of rotatable bonds is 8. The number of benzene rings is 1. The molecule has 0 N–H and O–H groups in total. The summed E-state index contributed by atoms with van der Waals surface area (Å²) in [5, 5.41) is 0. The Morgan fingerprint density at radius 1 is 1.15 bits per heavy atom. The van der Waals surface area contributed by atoms with Crippen molar-refractivity contribution in [1.82, 2.24) is 9.13 Å². The lowest BCUT2D eigenvalue weighted by Crippen LogP contribution is -2.43. The van der Waals surface area contributed by atoms with Gasteiger partial charge in [-0.25, -0.2) is 9.36 Å². The van der Waals surface area contributed by atoms with Gasteiger partial charge >= 0.3 is 5.69 Å². The molecule has 6 nitrogen and oxygen atoms in total. The van der Waals surface area contributed by atoms with Crippen LogP contribution in [0.4, 0.5) is 0 Å². The third-order valence-electron chi connectivity index (χ3n) is 4.22. The number of ether oxygens (including phenoxy) is 2. The van der Waals surface area contributed by atoms with Gasteiger partial charge in [-0.15, -0.1) is 0 Å². The zero-order valence-electron chi connectivity index (χ0n) is 15.8. The molecule has 1 aromatic heterocycles. The van der Waals surface area contributed by atoms with Gasteiger partial charge in [-0.1, -0.05) is 50.8 Å². The third kappa shape index (κ3) is 4.03. The summed E-state index contributed by atoms with van der Waals surface area (Å²) < 4.78 is 12.9. The average Bonchev–Trinajstić information content (AvgIpc) is 2.63. The molecule has 0 aliphatic heterocycles. The molecular weight excluding hydrogens is 332 g/mol. The molecule has 26 heavy (non-hydrogen) atoms. The molecule has 0 unspecified atom stereocenters. The number of hydrogen-bond acceptors (Lipinski definition) is 4. The van der Waals surface area contributed by atoms with E-state index in [9.17, 15) is 9.59 Å². The Morgan fingerprint density at radius 3 is 2.38 bits per heavy atom. The van der Waals surface area contributed by atoms with E-state index in [-0.39, 0.29) is 18.2 Å². The molecule has 1 heterocycles. The van der Waals surface area contributed by atoms with E-state index in [0.29, 0.717) is 30.0 Å². The van der Waals surface area contributed by atoms with Crippen LogP contribution in [-0.4, -0.2) is 29.5 Å². The van der Waals surface area contributed by atoms with Gasteiger partial charge in [0.25, 0.3) is 5.56 Å². The summed E-state index contributed by atoms with van der Waals surface area (Å²) in [6, 6.07) is 9.54. The first-order valence-electron chi connectivity index (χ1n) is 8.55. The Balaban J connectivity index is 2.58. The van der Waals surface area contributed by atoms with Crippen molar-refractivity contribution in [2.75, 3.05) is 20.3 Å². The van der Waals surface area contributed by atoms with Crippen molar-refractivity contribution in [1.29, 1.82) is 0 Å². The van der Waals surface area contributed by atoms with Gasteiger partial charge in [0.15, 0.2) is 0 Å². The smallest absolute Gasteiger partial charge is 0.333 e. The summed E-state index contributed by atoms with van der Waals surface area (Å²) in [5.41, 5.74) is 1.87. The van der Waals surface area contributed by atoms with Gasteiger partial charge < -0.3 is 9.47 Å². The average molecular weight is 358 g/mol. The van der Waals surface area contributed by atoms with Gasteiger partial charge in [-0.3, -0.25) is 9.36 Å². The molecule has 0 saturated heterocycles. The molecule has 0 saturated carbocycles. The zero-order valence-corrected chi connectivity index (χ0v) is 15.8. The first kappa shape index (κ1) is 19.9. The van der Waals surface area contributed by atoms with Gasteiger partial charge in [0, 0.05) is 19.7 Å². The van der Waals surface area contributed by atoms with E-state index < -0.39 is 5.69 Å². The predicted molar refractivity (Wildman–Crippen MR) is 102 cm³/mol. The van der Waals surface area contributed by atoms with E-state index in [4.69, 9.17) is 9.47 Å². The second-order valence-corrected chi connectivity index (χ2v) is 6.37. The number of aromatic nitrogens is 2. The molecule has 0 aliphatic carbocycles. The van der Waals surface area contributed by atoms with Crippen LogP contribution in [0.2, 0.25) is 0 Å². The van der Waals surface area contributed by atoms with E-state index in [1.54, 1.807) is 14.2 Å². The summed E-state index contributed by atoms with van der Waals surface area (Å²) in [6.45, 7) is 8.60. The standard InChI is InChI=1S/C20H26N2O4/c1-14(2)17-18(15(3)16-9-7-6-8-10-16)21(4)20(24)22(19(17)23)13-26-12-11-25-5/h6-10,14H,3,11-13H2,1-2,4-5H3. The topological polar surface area (TPSA) is 62.5 Å². The molecule has 0 bridgehead atoms. The van der Waals surface area contributed by atoms with Crippen molar-refractivity contribution < 1.29 is 9.47 Å². The number of methoxy groups -OCH3 is 1. The quantitative estimate of drug-likeness (QED) is 0.680. The van der Waals surface area contributed by atoms with Crippen LogP contribution in [0.25, 0.3) is 5.57 Å². The van der Waals surface area contributed by atoms with E-state index >= 15 is 0 Å². The molecule has 0 aliphatic rings. The third-order valence-corrected chi connectivity index (χ3v) is 4.22. The number of hydrogen-bond donors (Lipinski definition) is 0. The summed E-state index contributed by atoms with van der Waals surface area (Å²) in [6.07, 6.45) is 0. The van der Waals surface area contributed by atoms with E-state index in [0.717, 1.165) is 10.1 Å². The molecule has 140 valence electrons. The molecular formula is C20H26N2O4. The van der Waals surface area contributed by atoms with Crippen LogP contribution in [0.3, 0.4) is 0 Å². The summed E-state index contributed by atoms with van der Waals surface area (Å²) in [7, 11) is 3.22. The van der Waals surface area contributed by atoms with Crippen LogP contribution in [-0.2, 0) is 23.3 Å². The molecule has 0 radical (unpaired) electrons. The van der Waals surface area contributed by atoms with Crippen molar-refractivity contribution in [2.24, 2.45) is 7.05 Å². The normalized spacial score (nSPS) is 11.1. The van der Waals surface area contributed by atoms with E-state index in [1.807, 2.05) is 44.2 Å².